The molecule has 0 bridgehead atoms. The lowest BCUT2D eigenvalue weighted by Gasteiger charge is -2.03. The average Bonchev–Trinajstić information content (AvgIpc) is 2.89. The van der Waals surface area contributed by atoms with Crippen LogP contribution in [-0.4, -0.2) is 18.5 Å². The molecule has 1 aliphatic heterocycles. The maximum absolute atomic E-state index is 11.8. The molecule has 4 nitrogen and oxygen atoms in total. The van der Waals surface area contributed by atoms with Crippen LogP contribution in [0.25, 0.3) is 6.08 Å². The number of benzene rings is 2. The van der Waals surface area contributed by atoms with Crippen LogP contribution in [0, 0.1) is 0 Å². The Morgan fingerprint density at radius 1 is 1.09 bits per heavy atom. The molecule has 0 spiro atoms. The summed E-state index contributed by atoms with van der Waals surface area (Å²) in [5.74, 6) is 0.406. The van der Waals surface area contributed by atoms with Crippen molar-refractivity contribution in [3.05, 3.63) is 70.9 Å². The predicted octanol–water partition coefficient (Wildman–Crippen LogP) is 3.72. The third-order valence-electron chi connectivity index (χ3n) is 2.97. The van der Waals surface area contributed by atoms with Gasteiger partial charge in [-0.1, -0.05) is 48.0 Å². The van der Waals surface area contributed by atoms with Gasteiger partial charge in [0.05, 0.1) is 0 Å². The normalized spacial score (nSPS) is 15.6. The number of ether oxygens (including phenoxy) is 2. The van der Waals surface area contributed by atoms with Gasteiger partial charge in [-0.25, -0.2) is 9.79 Å². The maximum Gasteiger partial charge on any atom is 0.363 e. The topological polar surface area (TPSA) is 47.9 Å². The van der Waals surface area contributed by atoms with Gasteiger partial charge in [-0.2, -0.15) is 0 Å². The van der Waals surface area contributed by atoms with E-state index in [1.54, 1.807) is 18.2 Å². The molecule has 0 saturated carbocycles. The second kappa shape index (κ2) is 6.45. The van der Waals surface area contributed by atoms with Crippen LogP contribution in [0.3, 0.4) is 0 Å². The number of aliphatic imine (C=N–C) groups is 1. The first-order valence-electron chi connectivity index (χ1n) is 6.66. The van der Waals surface area contributed by atoms with Crippen LogP contribution in [0.1, 0.15) is 5.56 Å². The molecule has 5 heteroatoms. The summed E-state index contributed by atoms with van der Waals surface area (Å²) >= 11 is 6.06. The largest absolute Gasteiger partial charge is 0.484 e. The van der Waals surface area contributed by atoms with Crippen LogP contribution in [0.2, 0.25) is 5.02 Å². The second-order valence-electron chi connectivity index (χ2n) is 4.55. The van der Waals surface area contributed by atoms with Crippen molar-refractivity contribution in [2.45, 2.75) is 0 Å². The van der Waals surface area contributed by atoms with Crippen LogP contribution in [0.4, 0.5) is 0 Å². The van der Waals surface area contributed by atoms with Crippen molar-refractivity contribution in [1.82, 2.24) is 0 Å². The van der Waals surface area contributed by atoms with E-state index in [9.17, 15) is 4.79 Å². The number of cyclic esters (lactones) is 1. The first-order chi connectivity index (χ1) is 10.7. The fourth-order valence-corrected chi connectivity index (χ4v) is 2.11. The van der Waals surface area contributed by atoms with Gasteiger partial charge in [0.25, 0.3) is 0 Å². The smallest absolute Gasteiger partial charge is 0.363 e. The molecular formula is C17H12ClNO3. The summed E-state index contributed by atoms with van der Waals surface area (Å²) in [7, 11) is 0. The zero-order valence-corrected chi connectivity index (χ0v) is 12.3. The number of rotatable bonds is 4. The summed E-state index contributed by atoms with van der Waals surface area (Å²) in [6, 6.07) is 16.5. The highest BCUT2D eigenvalue weighted by molar-refractivity contribution is 6.32. The lowest BCUT2D eigenvalue weighted by molar-refractivity contribution is -0.130. The molecule has 0 atom stereocenters. The van der Waals surface area contributed by atoms with Gasteiger partial charge in [0.15, 0.2) is 12.3 Å². The quantitative estimate of drug-likeness (QED) is 0.638. The van der Waals surface area contributed by atoms with Crippen molar-refractivity contribution >= 4 is 29.5 Å². The summed E-state index contributed by atoms with van der Waals surface area (Å²) in [5.41, 5.74) is 0.921. The molecule has 110 valence electrons. The standard InChI is InChI=1S/C17H12ClNO3/c18-14-9-5-4-6-12(14)10-15-17(20)22-16(19-15)11-21-13-7-2-1-3-8-13/h1-10H,11H2/b15-10-. The zero-order chi connectivity index (χ0) is 15.4. The highest BCUT2D eigenvalue weighted by Gasteiger charge is 2.23. The maximum atomic E-state index is 11.8. The fourth-order valence-electron chi connectivity index (χ4n) is 1.92. The van der Waals surface area contributed by atoms with Gasteiger partial charge in [0.2, 0.25) is 5.90 Å². The van der Waals surface area contributed by atoms with E-state index in [0.717, 1.165) is 0 Å². The Kier molecular flexibility index (Phi) is 4.21. The van der Waals surface area contributed by atoms with Crippen LogP contribution in [0.5, 0.6) is 5.75 Å². The fraction of sp³-hybridized carbons (Fsp3) is 0.0588. The molecule has 0 saturated heterocycles. The van der Waals surface area contributed by atoms with Crippen LogP contribution in [-0.2, 0) is 9.53 Å². The van der Waals surface area contributed by atoms with E-state index < -0.39 is 5.97 Å². The number of halogens is 1. The average molecular weight is 314 g/mol. The van der Waals surface area contributed by atoms with Crippen molar-refractivity contribution in [1.29, 1.82) is 0 Å². The molecular weight excluding hydrogens is 302 g/mol. The van der Waals surface area contributed by atoms with Gasteiger partial charge in [0.1, 0.15) is 5.75 Å². The molecule has 2 aromatic rings. The molecule has 0 aliphatic carbocycles. The minimum atomic E-state index is -0.508. The summed E-state index contributed by atoms with van der Waals surface area (Å²) in [5, 5.41) is 0.548. The summed E-state index contributed by atoms with van der Waals surface area (Å²) in [4.78, 5) is 16.0. The Bertz CT molecular complexity index is 754. The number of hydrogen-bond donors (Lipinski definition) is 0. The molecule has 0 aromatic heterocycles. The molecule has 1 heterocycles. The van der Waals surface area contributed by atoms with E-state index in [-0.39, 0.29) is 18.2 Å². The van der Waals surface area contributed by atoms with E-state index in [1.165, 1.54) is 0 Å². The highest BCUT2D eigenvalue weighted by Crippen LogP contribution is 2.21. The minimum absolute atomic E-state index is 0.0929. The second-order valence-corrected chi connectivity index (χ2v) is 4.96. The van der Waals surface area contributed by atoms with E-state index in [0.29, 0.717) is 16.3 Å². The van der Waals surface area contributed by atoms with Crippen LogP contribution >= 0.6 is 11.6 Å². The lowest BCUT2D eigenvalue weighted by Crippen LogP contribution is -2.13. The monoisotopic (exact) mass is 313 g/mol. The number of para-hydroxylation sites is 1. The Morgan fingerprint density at radius 3 is 2.59 bits per heavy atom. The molecule has 0 fully saturated rings. The summed E-state index contributed by atoms with van der Waals surface area (Å²) in [6.07, 6.45) is 1.60. The molecule has 22 heavy (non-hydrogen) atoms. The Morgan fingerprint density at radius 2 is 1.82 bits per heavy atom. The van der Waals surface area contributed by atoms with Crippen molar-refractivity contribution in [3.8, 4) is 5.75 Å². The molecule has 3 rings (SSSR count). The van der Waals surface area contributed by atoms with Crippen molar-refractivity contribution in [2.24, 2.45) is 4.99 Å². The summed E-state index contributed by atoms with van der Waals surface area (Å²) in [6.45, 7) is 0.0929. The van der Waals surface area contributed by atoms with E-state index >= 15 is 0 Å². The van der Waals surface area contributed by atoms with Gasteiger partial charge in [0, 0.05) is 5.02 Å². The van der Waals surface area contributed by atoms with Crippen molar-refractivity contribution in [3.63, 3.8) is 0 Å². The number of carbonyl (C=O) groups excluding carboxylic acids is 1. The molecule has 0 unspecified atom stereocenters. The Balaban J connectivity index is 1.73. The van der Waals surface area contributed by atoms with Crippen molar-refractivity contribution in [2.75, 3.05) is 6.61 Å². The molecule has 0 N–H and O–H groups in total. The van der Waals surface area contributed by atoms with E-state index in [2.05, 4.69) is 4.99 Å². The molecule has 2 aromatic carbocycles. The zero-order valence-electron chi connectivity index (χ0n) is 11.5. The third kappa shape index (κ3) is 3.35. The van der Waals surface area contributed by atoms with Crippen molar-refractivity contribution < 1.29 is 14.3 Å². The minimum Gasteiger partial charge on any atom is -0.484 e. The number of hydrogen-bond acceptors (Lipinski definition) is 4. The van der Waals surface area contributed by atoms with Gasteiger partial charge in [-0.05, 0) is 29.8 Å². The third-order valence-corrected chi connectivity index (χ3v) is 3.31. The number of carbonyl (C=O) groups is 1. The molecule has 0 amide bonds. The molecule has 1 aliphatic rings. The van der Waals surface area contributed by atoms with Gasteiger partial charge < -0.3 is 9.47 Å². The first-order valence-corrected chi connectivity index (χ1v) is 7.04. The highest BCUT2D eigenvalue weighted by atomic mass is 35.5. The van der Waals surface area contributed by atoms with Gasteiger partial charge >= 0.3 is 5.97 Å². The summed E-state index contributed by atoms with van der Waals surface area (Å²) < 4.78 is 10.6. The lowest BCUT2D eigenvalue weighted by atomic mass is 10.2. The number of esters is 1. The number of nitrogens with zero attached hydrogens (tertiary/aromatic N) is 1. The van der Waals surface area contributed by atoms with Gasteiger partial charge in [-0.15, -0.1) is 0 Å². The predicted molar refractivity (Wildman–Crippen MR) is 84.9 cm³/mol. The van der Waals surface area contributed by atoms with Gasteiger partial charge in [-0.3, -0.25) is 0 Å². The molecule has 0 radical (unpaired) electrons. The van der Waals surface area contributed by atoms with Crippen LogP contribution < -0.4 is 4.74 Å². The Hall–Kier alpha value is -2.59. The SMILES string of the molecule is O=C1OC(COc2ccccc2)=N/C1=C\c1ccccc1Cl. The van der Waals surface area contributed by atoms with E-state index in [1.807, 2.05) is 42.5 Å². The first kappa shape index (κ1) is 14.4. The Labute approximate surface area is 132 Å². The van der Waals surface area contributed by atoms with E-state index in [4.69, 9.17) is 21.1 Å². The van der Waals surface area contributed by atoms with Crippen LogP contribution in [0.15, 0.2) is 65.3 Å².